The molecular weight excluding hydrogens is 372 g/mol. The van der Waals surface area contributed by atoms with Crippen LogP contribution < -0.4 is 9.64 Å². The Morgan fingerprint density at radius 2 is 1.89 bits per heavy atom. The maximum absolute atomic E-state index is 11.9. The maximum atomic E-state index is 11.9. The fourth-order valence-corrected chi connectivity index (χ4v) is 4.70. The largest absolute Gasteiger partial charge is 0.497 e. The molecule has 6 heteroatoms. The van der Waals surface area contributed by atoms with Crippen molar-refractivity contribution >= 4 is 23.4 Å². The van der Waals surface area contributed by atoms with Crippen molar-refractivity contribution in [1.29, 1.82) is 0 Å². The molecule has 3 rings (SSSR count). The Bertz CT molecular complexity index is 795. The average molecular weight is 401 g/mol. The Balaban J connectivity index is 1.97. The summed E-state index contributed by atoms with van der Waals surface area (Å²) in [4.78, 5) is 17.6. The van der Waals surface area contributed by atoms with E-state index in [-0.39, 0.29) is 17.3 Å². The molecule has 0 saturated heterocycles. The summed E-state index contributed by atoms with van der Waals surface area (Å²) >= 11 is 1.76. The zero-order valence-corrected chi connectivity index (χ0v) is 17.7. The van der Waals surface area contributed by atoms with Gasteiger partial charge in [-0.05, 0) is 43.9 Å². The molecule has 150 valence electrons. The van der Waals surface area contributed by atoms with Crippen LogP contribution in [0.5, 0.6) is 5.75 Å². The number of benzene rings is 2. The van der Waals surface area contributed by atoms with Gasteiger partial charge in [0.1, 0.15) is 11.9 Å². The SMILES string of the molecule is COc1ccc([C@H]2Sc3ccccc3N(CCN(C)C)C[C@H]2OC(C)=O)cc1. The molecule has 2 atom stereocenters. The molecule has 0 amide bonds. The number of nitrogens with zero attached hydrogens (tertiary/aromatic N) is 2. The number of carbonyl (C=O) groups is 1. The van der Waals surface area contributed by atoms with Gasteiger partial charge in [0.2, 0.25) is 0 Å². The number of anilines is 1. The van der Waals surface area contributed by atoms with E-state index in [1.54, 1.807) is 18.9 Å². The standard InChI is InChI=1S/C22H28N2O3S/c1-16(25)27-20-15-24(14-13-23(2)3)19-7-5-6-8-21(19)28-22(20)17-9-11-18(26-4)12-10-17/h5-12,20,22H,13-15H2,1-4H3/t20-,22-/m1/s1. The van der Waals surface area contributed by atoms with Crippen LogP contribution in [0.4, 0.5) is 5.69 Å². The molecule has 2 aromatic rings. The van der Waals surface area contributed by atoms with E-state index in [9.17, 15) is 4.79 Å². The normalized spacial score (nSPS) is 19.1. The lowest BCUT2D eigenvalue weighted by Gasteiger charge is -2.30. The summed E-state index contributed by atoms with van der Waals surface area (Å²) in [5.41, 5.74) is 2.32. The van der Waals surface area contributed by atoms with Gasteiger partial charge in [-0.25, -0.2) is 0 Å². The Labute approximate surface area is 171 Å². The van der Waals surface area contributed by atoms with Crippen molar-refractivity contribution in [2.24, 2.45) is 0 Å². The number of ether oxygens (including phenoxy) is 2. The molecule has 2 aromatic carbocycles. The Morgan fingerprint density at radius 1 is 1.18 bits per heavy atom. The number of hydrogen-bond acceptors (Lipinski definition) is 6. The van der Waals surface area contributed by atoms with Crippen LogP contribution in [0.2, 0.25) is 0 Å². The summed E-state index contributed by atoms with van der Waals surface area (Å²) < 4.78 is 11.1. The zero-order valence-electron chi connectivity index (χ0n) is 16.9. The van der Waals surface area contributed by atoms with E-state index in [0.29, 0.717) is 6.54 Å². The highest BCUT2D eigenvalue weighted by Crippen LogP contribution is 2.46. The molecule has 5 nitrogen and oxygen atoms in total. The third kappa shape index (κ3) is 5.00. The Kier molecular flexibility index (Phi) is 6.86. The van der Waals surface area contributed by atoms with Gasteiger partial charge >= 0.3 is 5.97 Å². The second-order valence-electron chi connectivity index (χ2n) is 7.18. The molecule has 28 heavy (non-hydrogen) atoms. The van der Waals surface area contributed by atoms with E-state index in [1.165, 1.54) is 17.5 Å². The summed E-state index contributed by atoms with van der Waals surface area (Å²) in [6, 6.07) is 16.5. The molecule has 1 aliphatic rings. The number of para-hydroxylation sites is 1. The molecule has 0 aromatic heterocycles. The molecular formula is C22H28N2O3S. The average Bonchev–Trinajstić information content (AvgIpc) is 2.83. The molecule has 0 spiro atoms. The number of esters is 1. The van der Waals surface area contributed by atoms with E-state index in [0.717, 1.165) is 24.4 Å². The van der Waals surface area contributed by atoms with Gasteiger partial charge in [0.15, 0.2) is 0 Å². The predicted octanol–water partition coefficient (Wildman–Crippen LogP) is 3.84. The second-order valence-corrected chi connectivity index (χ2v) is 8.36. The smallest absolute Gasteiger partial charge is 0.303 e. The first-order valence-corrected chi connectivity index (χ1v) is 10.3. The van der Waals surface area contributed by atoms with Crippen molar-refractivity contribution in [3.63, 3.8) is 0 Å². The summed E-state index contributed by atoms with van der Waals surface area (Å²) in [7, 11) is 5.81. The lowest BCUT2D eigenvalue weighted by molar-refractivity contribution is -0.145. The van der Waals surface area contributed by atoms with E-state index >= 15 is 0 Å². The van der Waals surface area contributed by atoms with Crippen molar-refractivity contribution in [3.05, 3.63) is 54.1 Å². The predicted molar refractivity (Wildman–Crippen MR) is 114 cm³/mol. The topological polar surface area (TPSA) is 42.0 Å². The molecule has 0 radical (unpaired) electrons. The number of fused-ring (bicyclic) bond motifs is 1. The fourth-order valence-electron chi connectivity index (χ4n) is 3.36. The summed E-state index contributed by atoms with van der Waals surface area (Å²) in [6.07, 6.45) is -0.245. The van der Waals surface area contributed by atoms with E-state index < -0.39 is 0 Å². The number of methoxy groups -OCH3 is 1. The maximum Gasteiger partial charge on any atom is 0.303 e. The molecule has 1 aliphatic heterocycles. The minimum Gasteiger partial charge on any atom is -0.497 e. The Morgan fingerprint density at radius 3 is 2.54 bits per heavy atom. The summed E-state index contributed by atoms with van der Waals surface area (Å²) in [5.74, 6) is 0.571. The van der Waals surface area contributed by atoms with Crippen LogP contribution in [0.1, 0.15) is 17.7 Å². The molecule has 0 N–H and O–H groups in total. The first kappa shape index (κ1) is 20.6. The minimum atomic E-state index is -0.248. The van der Waals surface area contributed by atoms with Crippen LogP contribution in [0.15, 0.2) is 53.4 Å². The van der Waals surface area contributed by atoms with Gasteiger partial charge in [-0.15, -0.1) is 11.8 Å². The molecule has 0 aliphatic carbocycles. The monoisotopic (exact) mass is 400 g/mol. The molecule has 0 bridgehead atoms. The van der Waals surface area contributed by atoms with Gasteiger partial charge in [0.05, 0.1) is 24.6 Å². The zero-order chi connectivity index (χ0) is 20.1. The third-order valence-corrected chi connectivity index (χ3v) is 6.21. The molecule has 1 heterocycles. The minimum absolute atomic E-state index is 0.0142. The quantitative estimate of drug-likeness (QED) is 0.687. The van der Waals surface area contributed by atoms with E-state index in [1.807, 2.05) is 12.1 Å². The lowest BCUT2D eigenvalue weighted by Crippen LogP contribution is -2.39. The van der Waals surface area contributed by atoms with Gasteiger partial charge in [0, 0.05) is 24.9 Å². The third-order valence-electron chi connectivity index (χ3n) is 4.78. The molecule has 0 fully saturated rings. The Hall–Kier alpha value is -2.18. The van der Waals surface area contributed by atoms with Gasteiger partial charge in [-0.3, -0.25) is 4.79 Å². The highest BCUT2D eigenvalue weighted by molar-refractivity contribution is 7.99. The van der Waals surface area contributed by atoms with Crippen LogP contribution in [0.3, 0.4) is 0 Å². The fraction of sp³-hybridized carbons (Fsp3) is 0.409. The highest BCUT2D eigenvalue weighted by atomic mass is 32.2. The van der Waals surface area contributed by atoms with Crippen molar-refractivity contribution in [2.75, 3.05) is 45.7 Å². The number of thioether (sulfide) groups is 1. The van der Waals surface area contributed by atoms with Gasteiger partial charge in [0.25, 0.3) is 0 Å². The van der Waals surface area contributed by atoms with Crippen LogP contribution in [-0.2, 0) is 9.53 Å². The first-order valence-electron chi connectivity index (χ1n) is 9.44. The number of rotatable bonds is 6. The summed E-state index contributed by atoms with van der Waals surface area (Å²) in [6.45, 7) is 3.95. The summed E-state index contributed by atoms with van der Waals surface area (Å²) in [5, 5.41) is 0.0142. The van der Waals surface area contributed by atoms with E-state index in [2.05, 4.69) is 60.3 Å². The molecule has 0 saturated carbocycles. The van der Waals surface area contributed by atoms with Crippen molar-refractivity contribution in [3.8, 4) is 5.75 Å². The highest BCUT2D eigenvalue weighted by Gasteiger charge is 2.33. The van der Waals surface area contributed by atoms with Crippen LogP contribution in [0, 0.1) is 0 Å². The second kappa shape index (κ2) is 9.34. The van der Waals surface area contributed by atoms with Gasteiger partial charge < -0.3 is 19.3 Å². The van der Waals surface area contributed by atoms with Crippen LogP contribution in [0.25, 0.3) is 0 Å². The van der Waals surface area contributed by atoms with E-state index in [4.69, 9.17) is 9.47 Å². The van der Waals surface area contributed by atoms with Crippen LogP contribution >= 0.6 is 11.8 Å². The first-order chi connectivity index (χ1) is 13.5. The van der Waals surface area contributed by atoms with Gasteiger partial charge in [-0.1, -0.05) is 24.3 Å². The number of carbonyl (C=O) groups excluding carboxylic acids is 1. The van der Waals surface area contributed by atoms with Crippen molar-refractivity contribution < 1.29 is 14.3 Å². The molecule has 0 unspecified atom stereocenters. The van der Waals surface area contributed by atoms with Crippen molar-refractivity contribution in [2.45, 2.75) is 23.2 Å². The number of likely N-dealkylation sites (N-methyl/N-ethyl adjacent to an activating group) is 1. The number of hydrogen-bond donors (Lipinski definition) is 0. The van der Waals surface area contributed by atoms with Crippen LogP contribution in [-0.4, -0.2) is 57.8 Å². The van der Waals surface area contributed by atoms with Gasteiger partial charge in [-0.2, -0.15) is 0 Å². The lowest BCUT2D eigenvalue weighted by atomic mass is 10.1. The van der Waals surface area contributed by atoms with Crippen molar-refractivity contribution in [1.82, 2.24) is 4.90 Å².